The number of hydrogen-bond acceptors (Lipinski definition) is 9. The van der Waals surface area contributed by atoms with Gasteiger partial charge in [0.1, 0.15) is 29.5 Å². The molecule has 0 aliphatic heterocycles. The van der Waals surface area contributed by atoms with Crippen molar-refractivity contribution in [1.82, 2.24) is 19.9 Å². The molecule has 3 heterocycles. The fraction of sp³-hybridized carbons (Fsp3) is 0.176. The van der Waals surface area contributed by atoms with Crippen LogP contribution in [0.5, 0.6) is 5.75 Å². The van der Waals surface area contributed by atoms with Crippen LogP contribution in [0.3, 0.4) is 0 Å². The second-order valence-electron chi connectivity index (χ2n) is 5.67. The first-order chi connectivity index (χ1) is 12.9. The van der Waals surface area contributed by atoms with Crippen molar-refractivity contribution in [3.8, 4) is 5.75 Å². The number of nitrogens with zero attached hydrogens (tertiary/aromatic N) is 4. The number of aromatic nitrogens is 4. The molecule has 0 saturated heterocycles. The Morgan fingerprint density at radius 2 is 1.74 bits per heavy atom. The average molecular weight is 386 g/mol. The van der Waals surface area contributed by atoms with Crippen LogP contribution in [0.25, 0.3) is 0 Å². The normalized spacial score (nSPS) is 11.1. The maximum atomic E-state index is 12.2. The largest absolute Gasteiger partial charge is 0.495 e. The summed E-state index contributed by atoms with van der Waals surface area (Å²) < 4.78 is 29.5. The van der Waals surface area contributed by atoms with Crippen molar-refractivity contribution < 1.29 is 13.2 Å². The molecule has 3 aromatic heterocycles. The van der Waals surface area contributed by atoms with Crippen molar-refractivity contribution in [2.75, 3.05) is 24.0 Å². The molecule has 3 aromatic rings. The minimum Gasteiger partial charge on any atom is -0.495 e. The van der Waals surface area contributed by atoms with Crippen LogP contribution >= 0.6 is 0 Å². The molecule has 0 fully saturated rings. The standard InChI is InChI=1S/C17H18N6O3S/c1-11-5-4-6-13(21-11)22-14-9-15(20-10-19-14)23-17-16(27(3,24)25)12(26-2)7-8-18-17/h4-10H,1-3H3,(H2,18,19,20,21,22,23). The number of methoxy groups -OCH3 is 1. The molecule has 0 atom stereocenters. The lowest BCUT2D eigenvalue weighted by molar-refractivity contribution is 0.402. The van der Waals surface area contributed by atoms with Crippen molar-refractivity contribution in [3.63, 3.8) is 0 Å². The van der Waals surface area contributed by atoms with E-state index in [4.69, 9.17) is 4.74 Å². The Labute approximate surface area is 156 Å². The summed E-state index contributed by atoms with van der Waals surface area (Å²) in [6.45, 7) is 1.89. The molecule has 0 radical (unpaired) electrons. The minimum absolute atomic E-state index is 0.0408. The Bertz CT molecular complexity index is 1070. The van der Waals surface area contributed by atoms with Gasteiger partial charge in [0.2, 0.25) is 0 Å². The van der Waals surface area contributed by atoms with Gasteiger partial charge in [-0.15, -0.1) is 0 Å². The van der Waals surface area contributed by atoms with Gasteiger partial charge < -0.3 is 15.4 Å². The third-order valence-corrected chi connectivity index (χ3v) is 4.65. The molecule has 140 valence electrons. The van der Waals surface area contributed by atoms with Gasteiger partial charge in [-0.2, -0.15) is 0 Å². The van der Waals surface area contributed by atoms with Crippen LogP contribution in [-0.2, 0) is 9.84 Å². The zero-order chi connectivity index (χ0) is 19.4. The highest BCUT2D eigenvalue weighted by Gasteiger charge is 2.21. The Morgan fingerprint density at radius 1 is 1.00 bits per heavy atom. The van der Waals surface area contributed by atoms with E-state index < -0.39 is 9.84 Å². The summed E-state index contributed by atoms with van der Waals surface area (Å²) >= 11 is 0. The van der Waals surface area contributed by atoms with E-state index in [1.165, 1.54) is 25.7 Å². The van der Waals surface area contributed by atoms with E-state index in [2.05, 4.69) is 30.6 Å². The third-order valence-electron chi connectivity index (χ3n) is 3.52. The number of nitrogens with one attached hydrogen (secondary N) is 2. The predicted octanol–water partition coefficient (Wildman–Crippen LogP) is 2.47. The highest BCUT2D eigenvalue weighted by molar-refractivity contribution is 7.91. The van der Waals surface area contributed by atoms with Crippen LogP contribution in [0.15, 0.2) is 47.8 Å². The number of rotatable bonds is 6. The number of aryl methyl sites for hydroxylation is 1. The lowest BCUT2D eigenvalue weighted by atomic mass is 10.3. The predicted molar refractivity (Wildman–Crippen MR) is 101 cm³/mol. The number of pyridine rings is 2. The molecular weight excluding hydrogens is 368 g/mol. The lowest BCUT2D eigenvalue weighted by Gasteiger charge is -2.13. The summed E-state index contributed by atoms with van der Waals surface area (Å²) in [5.41, 5.74) is 0.866. The van der Waals surface area contributed by atoms with Crippen LogP contribution < -0.4 is 15.4 Å². The Kier molecular flexibility index (Phi) is 5.17. The zero-order valence-corrected chi connectivity index (χ0v) is 15.8. The van der Waals surface area contributed by atoms with Crippen LogP contribution in [0.2, 0.25) is 0 Å². The first-order valence-electron chi connectivity index (χ1n) is 7.89. The topological polar surface area (TPSA) is 119 Å². The molecule has 10 heteroatoms. The maximum Gasteiger partial charge on any atom is 0.182 e. The van der Waals surface area contributed by atoms with E-state index in [-0.39, 0.29) is 16.5 Å². The fourth-order valence-corrected chi connectivity index (χ4v) is 3.37. The van der Waals surface area contributed by atoms with Crippen LogP contribution in [0.1, 0.15) is 5.69 Å². The molecule has 0 unspecified atom stereocenters. The van der Waals surface area contributed by atoms with Crippen molar-refractivity contribution in [2.45, 2.75) is 11.8 Å². The molecule has 9 nitrogen and oxygen atoms in total. The number of ether oxygens (including phenoxy) is 1. The van der Waals surface area contributed by atoms with Gasteiger partial charge in [-0.25, -0.2) is 28.4 Å². The Morgan fingerprint density at radius 3 is 2.41 bits per heavy atom. The van der Waals surface area contributed by atoms with Crippen molar-refractivity contribution >= 4 is 33.1 Å². The van der Waals surface area contributed by atoms with Gasteiger partial charge in [0.05, 0.1) is 7.11 Å². The first kappa shape index (κ1) is 18.5. The molecule has 0 aliphatic carbocycles. The number of anilines is 4. The Balaban J connectivity index is 1.91. The van der Waals surface area contributed by atoms with E-state index in [1.54, 1.807) is 6.07 Å². The summed E-state index contributed by atoms with van der Waals surface area (Å²) in [5, 5.41) is 5.98. The van der Waals surface area contributed by atoms with Crippen LogP contribution in [0.4, 0.5) is 23.3 Å². The summed E-state index contributed by atoms with van der Waals surface area (Å²) in [7, 11) is -2.18. The highest BCUT2D eigenvalue weighted by Crippen LogP contribution is 2.31. The maximum absolute atomic E-state index is 12.2. The van der Waals surface area contributed by atoms with Gasteiger partial charge in [-0.1, -0.05) is 6.07 Å². The molecule has 0 aliphatic rings. The van der Waals surface area contributed by atoms with Gasteiger partial charge in [0.15, 0.2) is 20.6 Å². The van der Waals surface area contributed by atoms with Gasteiger partial charge in [-0.05, 0) is 25.1 Å². The smallest absolute Gasteiger partial charge is 0.182 e. The molecule has 2 N–H and O–H groups in total. The molecular formula is C17H18N6O3S. The van der Waals surface area contributed by atoms with E-state index in [0.717, 1.165) is 11.9 Å². The van der Waals surface area contributed by atoms with Gasteiger partial charge in [0, 0.05) is 24.2 Å². The lowest BCUT2D eigenvalue weighted by Crippen LogP contribution is -2.08. The Hall–Kier alpha value is -3.27. The van der Waals surface area contributed by atoms with E-state index in [1.807, 2.05) is 25.1 Å². The third kappa shape index (κ3) is 4.47. The summed E-state index contributed by atoms with van der Waals surface area (Å²) in [6.07, 6.45) is 3.89. The van der Waals surface area contributed by atoms with Crippen molar-refractivity contribution in [3.05, 3.63) is 48.5 Å². The van der Waals surface area contributed by atoms with Gasteiger partial charge in [-0.3, -0.25) is 0 Å². The number of sulfone groups is 1. The zero-order valence-electron chi connectivity index (χ0n) is 15.0. The summed E-state index contributed by atoms with van der Waals surface area (Å²) in [4.78, 5) is 16.7. The average Bonchev–Trinajstić information content (AvgIpc) is 2.61. The molecule has 0 bridgehead atoms. The van der Waals surface area contributed by atoms with Crippen LogP contribution in [0, 0.1) is 6.92 Å². The van der Waals surface area contributed by atoms with E-state index in [0.29, 0.717) is 17.5 Å². The van der Waals surface area contributed by atoms with E-state index in [9.17, 15) is 8.42 Å². The molecule has 3 rings (SSSR count). The summed E-state index contributed by atoms with van der Waals surface area (Å²) in [6, 6.07) is 8.69. The summed E-state index contributed by atoms with van der Waals surface area (Å²) in [5.74, 6) is 1.82. The van der Waals surface area contributed by atoms with Gasteiger partial charge >= 0.3 is 0 Å². The van der Waals surface area contributed by atoms with Crippen molar-refractivity contribution in [1.29, 1.82) is 0 Å². The van der Waals surface area contributed by atoms with Gasteiger partial charge in [0.25, 0.3) is 0 Å². The number of hydrogen-bond donors (Lipinski definition) is 2. The monoisotopic (exact) mass is 386 g/mol. The molecule has 0 aromatic carbocycles. The molecule has 0 saturated carbocycles. The SMILES string of the molecule is COc1ccnc(Nc2cc(Nc3cccc(C)n3)ncn2)c1S(C)(=O)=O. The first-order valence-corrected chi connectivity index (χ1v) is 9.79. The molecule has 0 spiro atoms. The fourth-order valence-electron chi connectivity index (χ4n) is 2.40. The van der Waals surface area contributed by atoms with Crippen LogP contribution in [-0.4, -0.2) is 41.7 Å². The quantitative estimate of drug-likeness (QED) is 0.658. The molecule has 0 amide bonds. The minimum atomic E-state index is -3.58. The second kappa shape index (κ2) is 7.54. The second-order valence-corrected chi connectivity index (χ2v) is 7.62. The molecule has 27 heavy (non-hydrogen) atoms. The highest BCUT2D eigenvalue weighted by atomic mass is 32.2. The van der Waals surface area contributed by atoms with E-state index >= 15 is 0 Å². The van der Waals surface area contributed by atoms with Crippen molar-refractivity contribution in [2.24, 2.45) is 0 Å².